The van der Waals surface area contributed by atoms with Gasteiger partial charge in [0.2, 0.25) is 0 Å². The van der Waals surface area contributed by atoms with Crippen LogP contribution in [0.2, 0.25) is 0 Å². The van der Waals surface area contributed by atoms with E-state index in [4.69, 9.17) is 5.73 Å². The SMILES string of the molecule is CC1CCN(C(N)=NCCCN2CCCCCC2)CC1. The molecule has 20 heavy (non-hydrogen) atoms. The van der Waals surface area contributed by atoms with Crippen molar-refractivity contribution in [3.8, 4) is 0 Å². The molecule has 0 unspecified atom stereocenters. The van der Waals surface area contributed by atoms with E-state index in [0.717, 1.165) is 37.9 Å². The van der Waals surface area contributed by atoms with Crippen LogP contribution in [0.1, 0.15) is 51.9 Å². The summed E-state index contributed by atoms with van der Waals surface area (Å²) >= 11 is 0. The standard InChI is InChI=1S/C16H32N4/c1-15-7-13-20(14-8-15)16(17)18-9-6-12-19-10-4-2-3-5-11-19/h15H,2-14H2,1H3,(H2,17,18). The first-order chi connectivity index (χ1) is 9.75. The maximum atomic E-state index is 6.10. The molecular formula is C16H32N4. The second kappa shape index (κ2) is 8.50. The second-order valence-corrected chi connectivity index (χ2v) is 6.52. The van der Waals surface area contributed by atoms with Crippen LogP contribution in [0, 0.1) is 5.92 Å². The molecule has 0 amide bonds. The van der Waals surface area contributed by atoms with Crippen molar-refractivity contribution >= 4 is 5.96 Å². The summed E-state index contributed by atoms with van der Waals surface area (Å²) in [5, 5.41) is 0. The molecule has 2 rings (SSSR count). The normalized spacial score (nSPS) is 23.9. The Morgan fingerprint density at radius 3 is 2.35 bits per heavy atom. The first-order valence-electron chi connectivity index (χ1n) is 8.53. The Bertz CT molecular complexity index is 287. The molecule has 2 aliphatic heterocycles. The Kier molecular flexibility index (Phi) is 6.64. The Hall–Kier alpha value is -0.770. The minimum atomic E-state index is 0.771. The van der Waals surface area contributed by atoms with Gasteiger partial charge in [-0.1, -0.05) is 19.8 Å². The molecule has 116 valence electrons. The molecule has 4 heteroatoms. The van der Waals surface area contributed by atoms with E-state index in [0.29, 0.717) is 0 Å². The molecule has 0 aromatic rings. The zero-order valence-electron chi connectivity index (χ0n) is 13.2. The van der Waals surface area contributed by atoms with E-state index in [9.17, 15) is 0 Å². The third-order valence-electron chi connectivity index (χ3n) is 4.71. The number of nitrogens with two attached hydrogens (primary N) is 1. The molecule has 0 radical (unpaired) electrons. The van der Waals surface area contributed by atoms with Gasteiger partial charge in [0.25, 0.3) is 0 Å². The van der Waals surface area contributed by atoms with E-state index >= 15 is 0 Å². The van der Waals surface area contributed by atoms with Crippen LogP contribution in [-0.2, 0) is 0 Å². The Morgan fingerprint density at radius 1 is 1.05 bits per heavy atom. The molecule has 0 aliphatic carbocycles. The lowest BCUT2D eigenvalue weighted by Crippen LogP contribution is -2.42. The van der Waals surface area contributed by atoms with Crippen LogP contribution in [0.4, 0.5) is 0 Å². The van der Waals surface area contributed by atoms with Crippen molar-refractivity contribution in [3.05, 3.63) is 0 Å². The summed E-state index contributed by atoms with van der Waals surface area (Å²) in [5.74, 6) is 1.62. The van der Waals surface area contributed by atoms with Crippen LogP contribution >= 0.6 is 0 Å². The molecule has 2 aliphatic rings. The van der Waals surface area contributed by atoms with Gasteiger partial charge in [-0.2, -0.15) is 0 Å². The van der Waals surface area contributed by atoms with E-state index in [1.165, 1.54) is 58.2 Å². The lowest BCUT2D eigenvalue weighted by atomic mass is 10.00. The van der Waals surface area contributed by atoms with Gasteiger partial charge < -0.3 is 15.5 Å². The van der Waals surface area contributed by atoms with Gasteiger partial charge in [0.15, 0.2) is 5.96 Å². The van der Waals surface area contributed by atoms with E-state index in [2.05, 4.69) is 21.7 Å². The minimum Gasteiger partial charge on any atom is -0.370 e. The van der Waals surface area contributed by atoms with Crippen LogP contribution in [0.15, 0.2) is 4.99 Å². The number of rotatable bonds is 4. The molecule has 0 bridgehead atoms. The van der Waals surface area contributed by atoms with E-state index < -0.39 is 0 Å². The van der Waals surface area contributed by atoms with Crippen molar-refractivity contribution in [2.45, 2.75) is 51.9 Å². The minimum absolute atomic E-state index is 0.771. The molecule has 2 saturated heterocycles. The zero-order chi connectivity index (χ0) is 14.2. The monoisotopic (exact) mass is 280 g/mol. The average molecular weight is 280 g/mol. The molecule has 0 aromatic carbocycles. The number of hydrogen-bond donors (Lipinski definition) is 1. The van der Waals surface area contributed by atoms with Crippen molar-refractivity contribution in [2.75, 3.05) is 39.3 Å². The fourth-order valence-corrected chi connectivity index (χ4v) is 3.19. The van der Waals surface area contributed by atoms with Gasteiger partial charge >= 0.3 is 0 Å². The lowest BCUT2D eigenvalue weighted by Gasteiger charge is -2.31. The topological polar surface area (TPSA) is 44.9 Å². The van der Waals surface area contributed by atoms with Crippen molar-refractivity contribution in [3.63, 3.8) is 0 Å². The number of nitrogens with zero attached hydrogens (tertiary/aromatic N) is 3. The van der Waals surface area contributed by atoms with Crippen molar-refractivity contribution in [1.82, 2.24) is 9.80 Å². The highest BCUT2D eigenvalue weighted by Crippen LogP contribution is 2.15. The molecule has 0 aromatic heterocycles. The smallest absolute Gasteiger partial charge is 0.191 e. The predicted molar refractivity (Wildman–Crippen MR) is 86.0 cm³/mol. The van der Waals surface area contributed by atoms with E-state index in [-0.39, 0.29) is 0 Å². The second-order valence-electron chi connectivity index (χ2n) is 6.52. The van der Waals surface area contributed by atoms with Crippen LogP contribution < -0.4 is 5.73 Å². The first kappa shape index (κ1) is 15.6. The van der Waals surface area contributed by atoms with Gasteiger partial charge in [0, 0.05) is 19.6 Å². The fraction of sp³-hybridized carbons (Fsp3) is 0.938. The van der Waals surface area contributed by atoms with Crippen LogP contribution in [0.25, 0.3) is 0 Å². The molecule has 0 atom stereocenters. The summed E-state index contributed by atoms with van der Waals surface area (Å²) in [6, 6.07) is 0. The molecule has 0 spiro atoms. The molecule has 2 N–H and O–H groups in total. The fourth-order valence-electron chi connectivity index (χ4n) is 3.19. The van der Waals surface area contributed by atoms with Gasteiger partial charge in [-0.15, -0.1) is 0 Å². The van der Waals surface area contributed by atoms with Crippen LogP contribution in [0.3, 0.4) is 0 Å². The Balaban J connectivity index is 1.62. The van der Waals surface area contributed by atoms with E-state index in [1.807, 2.05) is 0 Å². The lowest BCUT2D eigenvalue weighted by molar-refractivity contribution is 0.275. The van der Waals surface area contributed by atoms with Crippen molar-refractivity contribution in [1.29, 1.82) is 0 Å². The summed E-state index contributed by atoms with van der Waals surface area (Å²) in [6.45, 7) is 9.13. The summed E-state index contributed by atoms with van der Waals surface area (Å²) in [7, 11) is 0. The third kappa shape index (κ3) is 5.31. The summed E-state index contributed by atoms with van der Waals surface area (Å²) in [6.07, 6.45) is 9.22. The van der Waals surface area contributed by atoms with Crippen LogP contribution in [-0.4, -0.2) is 55.0 Å². The number of piperidine rings is 1. The summed E-state index contributed by atoms with van der Waals surface area (Å²) < 4.78 is 0. The quantitative estimate of drug-likeness (QED) is 0.488. The maximum absolute atomic E-state index is 6.10. The van der Waals surface area contributed by atoms with Gasteiger partial charge in [-0.25, -0.2) is 0 Å². The predicted octanol–water partition coefficient (Wildman–Crippen LogP) is 2.30. The van der Waals surface area contributed by atoms with Gasteiger partial charge in [0.1, 0.15) is 0 Å². The zero-order valence-corrected chi connectivity index (χ0v) is 13.2. The highest BCUT2D eigenvalue weighted by Gasteiger charge is 2.16. The average Bonchev–Trinajstić information content (AvgIpc) is 2.73. The summed E-state index contributed by atoms with van der Waals surface area (Å²) in [5.41, 5.74) is 6.10. The number of guanidine groups is 1. The molecule has 2 heterocycles. The van der Waals surface area contributed by atoms with Crippen molar-refractivity contribution < 1.29 is 0 Å². The highest BCUT2D eigenvalue weighted by molar-refractivity contribution is 5.78. The Labute approximate surface area is 124 Å². The van der Waals surface area contributed by atoms with Gasteiger partial charge in [-0.3, -0.25) is 4.99 Å². The van der Waals surface area contributed by atoms with Crippen LogP contribution in [0.5, 0.6) is 0 Å². The summed E-state index contributed by atoms with van der Waals surface area (Å²) in [4.78, 5) is 9.43. The van der Waals surface area contributed by atoms with Crippen molar-refractivity contribution in [2.24, 2.45) is 16.6 Å². The largest absolute Gasteiger partial charge is 0.370 e. The maximum Gasteiger partial charge on any atom is 0.191 e. The molecular weight excluding hydrogens is 248 g/mol. The molecule has 4 nitrogen and oxygen atoms in total. The number of likely N-dealkylation sites (tertiary alicyclic amines) is 2. The number of hydrogen-bond acceptors (Lipinski definition) is 2. The van der Waals surface area contributed by atoms with Gasteiger partial charge in [0.05, 0.1) is 0 Å². The number of aliphatic imine (C=N–C) groups is 1. The highest BCUT2D eigenvalue weighted by atomic mass is 15.3. The molecule has 2 fully saturated rings. The van der Waals surface area contributed by atoms with E-state index in [1.54, 1.807) is 0 Å². The first-order valence-corrected chi connectivity index (χ1v) is 8.53. The van der Waals surface area contributed by atoms with Gasteiger partial charge in [-0.05, 0) is 57.7 Å². The Morgan fingerprint density at radius 2 is 1.70 bits per heavy atom. The molecule has 0 saturated carbocycles. The third-order valence-corrected chi connectivity index (χ3v) is 4.71.